The summed E-state index contributed by atoms with van der Waals surface area (Å²) in [5, 5.41) is 19.9. The number of carbonyl (C=O) groups excluding carboxylic acids is 1. The van der Waals surface area contributed by atoms with E-state index in [9.17, 15) is 15.0 Å². The van der Waals surface area contributed by atoms with E-state index in [1.54, 1.807) is 18.9 Å². The number of likely N-dealkylation sites (tertiary alicyclic amines) is 1. The maximum atomic E-state index is 12.2. The summed E-state index contributed by atoms with van der Waals surface area (Å²) in [6.07, 6.45) is 1.14. The molecule has 3 unspecified atom stereocenters. The topological polar surface area (TPSA) is 79.2 Å². The van der Waals surface area contributed by atoms with Gasteiger partial charge in [0.15, 0.2) is 11.5 Å². The van der Waals surface area contributed by atoms with E-state index >= 15 is 0 Å². The van der Waals surface area contributed by atoms with Crippen LogP contribution >= 0.6 is 0 Å². The summed E-state index contributed by atoms with van der Waals surface area (Å²) in [5.41, 5.74) is 3.10. The molecule has 0 saturated carbocycles. The highest BCUT2D eigenvalue weighted by molar-refractivity contribution is 5.77. The van der Waals surface area contributed by atoms with Crippen molar-refractivity contribution in [1.29, 1.82) is 0 Å². The molecule has 1 fully saturated rings. The second-order valence-corrected chi connectivity index (χ2v) is 8.99. The van der Waals surface area contributed by atoms with Gasteiger partial charge < -0.3 is 24.6 Å². The number of hydrogen-bond acceptors (Lipinski definition) is 5. The zero-order chi connectivity index (χ0) is 22.2. The Morgan fingerprint density at radius 3 is 2.45 bits per heavy atom. The van der Waals surface area contributed by atoms with Crippen molar-refractivity contribution in [2.75, 3.05) is 26.8 Å². The summed E-state index contributed by atoms with van der Waals surface area (Å²) in [5.74, 6) is 0.942. The molecule has 6 heteroatoms. The third-order valence-electron chi connectivity index (χ3n) is 7.07. The first-order chi connectivity index (χ1) is 14.9. The summed E-state index contributed by atoms with van der Waals surface area (Å²) < 4.78 is 12.0. The van der Waals surface area contributed by atoms with Gasteiger partial charge in [-0.25, -0.2) is 0 Å². The predicted octanol–water partition coefficient (Wildman–Crippen LogP) is 2.55. The van der Waals surface area contributed by atoms with Gasteiger partial charge in [0.2, 0.25) is 5.91 Å². The molecule has 166 valence electrons. The van der Waals surface area contributed by atoms with Crippen molar-refractivity contribution in [3.05, 3.63) is 59.2 Å². The van der Waals surface area contributed by atoms with Gasteiger partial charge in [0, 0.05) is 37.3 Å². The fourth-order valence-electron chi connectivity index (χ4n) is 5.00. The predicted molar refractivity (Wildman–Crippen MR) is 117 cm³/mol. The largest absolute Gasteiger partial charge is 0.493 e. The van der Waals surface area contributed by atoms with E-state index in [2.05, 4.69) is 24.3 Å². The molecule has 3 atom stereocenters. The van der Waals surface area contributed by atoms with Crippen LogP contribution in [0.25, 0.3) is 0 Å². The molecule has 31 heavy (non-hydrogen) atoms. The Bertz CT molecular complexity index is 934. The molecule has 4 rings (SSSR count). The smallest absolute Gasteiger partial charge is 0.248 e. The lowest BCUT2D eigenvalue weighted by atomic mass is 9.72. The van der Waals surface area contributed by atoms with Crippen molar-refractivity contribution in [3.63, 3.8) is 0 Å². The van der Waals surface area contributed by atoms with Crippen LogP contribution in [0.2, 0.25) is 0 Å². The quantitative estimate of drug-likeness (QED) is 0.744. The van der Waals surface area contributed by atoms with Gasteiger partial charge in [0.25, 0.3) is 0 Å². The van der Waals surface area contributed by atoms with E-state index in [0.717, 1.165) is 18.4 Å². The van der Waals surface area contributed by atoms with Gasteiger partial charge in [-0.1, -0.05) is 37.3 Å². The minimum absolute atomic E-state index is 0.0424. The number of fused-ring (bicyclic) bond motifs is 1. The van der Waals surface area contributed by atoms with Gasteiger partial charge >= 0.3 is 0 Å². The Kier molecular flexibility index (Phi) is 5.95. The Morgan fingerprint density at radius 2 is 1.87 bits per heavy atom. The third-order valence-corrected chi connectivity index (χ3v) is 7.07. The lowest BCUT2D eigenvalue weighted by Crippen LogP contribution is -2.38. The van der Waals surface area contributed by atoms with Crippen molar-refractivity contribution in [1.82, 2.24) is 4.90 Å². The molecule has 0 bridgehead atoms. The average molecular weight is 426 g/mol. The van der Waals surface area contributed by atoms with Crippen LogP contribution in [0.15, 0.2) is 42.5 Å². The van der Waals surface area contributed by atoms with E-state index in [-0.39, 0.29) is 17.9 Å². The Hall–Kier alpha value is -2.57. The van der Waals surface area contributed by atoms with Crippen molar-refractivity contribution < 1.29 is 24.5 Å². The van der Waals surface area contributed by atoms with Crippen LogP contribution in [0.4, 0.5) is 0 Å². The molecule has 1 heterocycles. The molecule has 1 aliphatic heterocycles. The summed E-state index contributed by atoms with van der Waals surface area (Å²) >= 11 is 0. The van der Waals surface area contributed by atoms with Gasteiger partial charge in [0.05, 0.1) is 13.2 Å². The fourth-order valence-corrected chi connectivity index (χ4v) is 5.00. The number of amides is 1. The second-order valence-electron chi connectivity index (χ2n) is 8.99. The monoisotopic (exact) mass is 425 g/mol. The number of ether oxygens (including phenoxy) is 2. The normalized spacial score (nSPS) is 24.2. The van der Waals surface area contributed by atoms with E-state index in [1.165, 1.54) is 11.1 Å². The number of aliphatic hydroxyl groups is 2. The first-order valence-corrected chi connectivity index (χ1v) is 10.8. The van der Waals surface area contributed by atoms with Crippen LogP contribution in [0.1, 0.15) is 36.5 Å². The summed E-state index contributed by atoms with van der Waals surface area (Å²) in [6.45, 7) is 4.07. The lowest BCUT2D eigenvalue weighted by Gasteiger charge is -2.34. The Labute approximate surface area is 183 Å². The summed E-state index contributed by atoms with van der Waals surface area (Å²) in [4.78, 5) is 13.8. The molecular formula is C25H31NO5. The number of carbonyl (C=O) groups is 1. The van der Waals surface area contributed by atoms with Crippen molar-refractivity contribution in [2.45, 2.75) is 44.8 Å². The molecule has 0 spiro atoms. The fraction of sp³-hybridized carbons (Fsp3) is 0.480. The van der Waals surface area contributed by atoms with Gasteiger partial charge in [0.1, 0.15) is 12.7 Å². The minimum Gasteiger partial charge on any atom is -0.493 e. The first kappa shape index (κ1) is 21.7. The highest BCUT2D eigenvalue weighted by Gasteiger charge is 2.48. The number of aliphatic hydroxyl groups excluding tert-OH is 2. The average Bonchev–Trinajstić information content (AvgIpc) is 3.34. The molecule has 2 aliphatic rings. The number of rotatable bonds is 6. The minimum atomic E-state index is -0.621. The lowest BCUT2D eigenvalue weighted by molar-refractivity contribution is -0.133. The van der Waals surface area contributed by atoms with E-state index in [0.29, 0.717) is 24.6 Å². The SMILES string of the molecule is COc1ccc(C2CN(C(=O)CO)CC2(C)C(C)O)cc1OC1Cc2ccccc2C1. The molecule has 1 saturated heterocycles. The zero-order valence-electron chi connectivity index (χ0n) is 18.4. The molecule has 1 aliphatic carbocycles. The van der Waals surface area contributed by atoms with E-state index in [4.69, 9.17) is 9.47 Å². The first-order valence-electron chi connectivity index (χ1n) is 10.8. The molecule has 1 amide bonds. The second kappa shape index (κ2) is 8.52. The number of benzene rings is 2. The van der Waals surface area contributed by atoms with Crippen LogP contribution in [0.3, 0.4) is 0 Å². The van der Waals surface area contributed by atoms with Crippen LogP contribution in [0.5, 0.6) is 11.5 Å². The highest BCUT2D eigenvalue weighted by atomic mass is 16.5. The van der Waals surface area contributed by atoms with E-state index < -0.39 is 18.1 Å². The zero-order valence-corrected chi connectivity index (χ0v) is 18.4. The molecule has 6 nitrogen and oxygen atoms in total. The molecule has 2 N–H and O–H groups in total. The maximum Gasteiger partial charge on any atom is 0.248 e. The van der Waals surface area contributed by atoms with Crippen molar-refractivity contribution in [2.24, 2.45) is 5.41 Å². The summed E-state index contributed by atoms with van der Waals surface area (Å²) in [7, 11) is 1.63. The molecular weight excluding hydrogens is 394 g/mol. The van der Waals surface area contributed by atoms with Gasteiger partial charge in [-0.2, -0.15) is 0 Å². The number of nitrogens with zero attached hydrogens (tertiary/aromatic N) is 1. The standard InChI is InChI=1S/C25H31NO5/c1-16(28)25(2)15-26(24(29)14-27)13-21(25)19-8-9-22(30-3)23(12-19)31-20-10-17-6-4-5-7-18(17)11-20/h4-9,12,16,20-21,27-28H,10-11,13-15H2,1-3H3. The Morgan fingerprint density at radius 1 is 1.19 bits per heavy atom. The highest BCUT2D eigenvalue weighted by Crippen LogP contribution is 2.47. The van der Waals surface area contributed by atoms with Crippen molar-refractivity contribution in [3.8, 4) is 11.5 Å². The van der Waals surface area contributed by atoms with Crippen LogP contribution < -0.4 is 9.47 Å². The molecule has 0 aromatic heterocycles. The van der Waals surface area contributed by atoms with Crippen LogP contribution in [0, 0.1) is 5.41 Å². The van der Waals surface area contributed by atoms with Crippen LogP contribution in [-0.2, 0) is 17.6 Å². The Balaban J connectivity index is 1.61. The summed E-state index contributed by atoms with van der Waals surface area (Å²) in [6, 6.07) is 14.3. The number of methoxy groups -OCH3 is 1. The van der Waals surface area contributed by atoms with Gasteiger partial charge in [-0.05, 0) is 35.7 Å². The van der Waals surface area contributed by atoms with Crippen molar-refractivity contribution >= 4 is 5.91 Å². The molecule has 2 aromatic rings. The molecule has 2 aromatic carbocycles. The van der Waals surface area contributed by atoms with Gasteiger partial charge in [-0.15, -0.1) is 0 Å². The number of hydrogen-bond donors (Lipinski definition) is 2. The maximum absolute atomic E-state index is 12.2. The molecule has 0 radical (unpaired) electrons. The van der Waals surface area contributed by atoms with Gasteiger partial charge in [-0.3, -0.25) is 4.79 Å². The third kappa shape index (κ3) is 4.02. The van der Waals surface area contributed by atoms with E-state index in [1.807, 2.05) is 25.1 Å². The van der Waals surface area contributed by atoms with Crippen LogP contribution in [-0.4, -0.2) is 60.0 Å².